The van der Waals surface area contributed by atoms with E-state index >= 15 is 0 Å². The summed E-state index contributed by atoms with van der Waals surface area (Å²) >= 11 is 17.7. The molecule has 0 aliphatic rings. The van der Waals surface area contributed by atoms with E-state index in [1.165, 1.54) is 0 Å². The second-order valence-corrected chi connectivity index (χ2v) is 5.90. The van der Waals surface area contributed by atoms with Gasteiger partial charge in [0.05, 0.1) is 11.1 Å². The number of amides is 1. The van der Waals surface area contributed by atoms with E-state index in [0.29, 0.717) is 20.8 Å². The smallest absolute Gasteiger partial charge is 0.258 e. The lowest BCUT2D eigenvalue weighted by atomic mass is 10.1. The highest BCUT2D eigenvalue weighted by molar-refractivity contribution is 6.42. The molecule has 0 spiro atoms. The fraction of sp³-hybridized carbons (Fsp3) is 0.188. The quantitative estimate of drug-likeness (QED) is 0.825. The van der Waals surface area contributed by atoms with Crippen molar-refractivity contribution in [3.05, 3.63) is 63.1 Å². The zero-order chi connectivity index (χ0) is 16.1. The second kappa shape index (κ2) is 7.73. The minimum absolute atomic E-state index is 0.141. The van der Waals surface area contributed by atoms with Crippen LogP contribution in [0.2, 0.25) is 15.1 Å². The summed E-state index contributed by atoms with van der Waals surface area (Å²) in [5.41, 5.74) is 0.957. The number of hydrogen-bond donors (Lipinski definition) is 1. The Kier molecular flexibility index (Phi) is 5.95. The van der Waals surface area contributed by atoms with Crippen molar-refractivity contribution in [2.24, 2.45) is 0 Å². The minimum Gasteiger partial charge on any atom is -0.482 e. The molecule has 2 aromatic rings. The van der Waals surface area contributed by atoms with Gasteiger partial charge >= 0.3 is 0 Å². The maximum atomic E-state index is 11.9. The van der Waals surface area contributed by atoms with E-state index in [0.717, 1.165) is 5.56 Å². The molecular formula is C16H14Cl3NO2. The van der Waals surface area contributed by atoms with Crippen LogP contribution in [-0.2, 0) is 4.79 Å². The summed E-state index contributed by atoms with van der Waals surface area (Å²) in [4.78, 5) is 11.9. The second-order valence-electron chi connectivity index (χ2n) is 4.68. The van der Waals surface area contributed by atoms with Gasteiger partial charge in [0.1, 0.15) is 10.8 Å². The van der Waals surface area contributed by atoms with Crippen LogP contribution in [0, 0.1) is 0 Å². The molecule has 0 aromatic heterocycles. The largest absolute Gasteiger partial charge is 0.482 e. The molecule has 6 heteroatoms. The summed E-state index contributed by atoms with van der Waals surface area (Å²) in [6, 6.07) is 12.2. The Labute approximate surface area is 144 Å². The Balaban J connectivity index is 1.90. The number of carbonyl (C=O) groups excluding carboxylic acids is 1. The number of hydrogen-bond acceptors (Lipinski definition) is 2. The zero-order valence-electron chi connectivity index (χ0n) is 11.8. The van der Waals surface area contributed by atoms with E-state index < -0.39 is 0 Å². The van der Waals surface area contributed by atoms with E-state index in [9.17, 15) is 4.79 Å². The van der Waals surface area contributed by atoms with Gasteiger partial charge in [-0.1, -0.05) is 53.0 Å². The molecule has 0 aliphatic carbocycles. The van der Waals surface area contributed by atoms with Crippen LogP contribution in [0.3, 0.4) is 0 Å². The van der Waals surface area contributed by atoms with Crippen LogP contribution in [0.15, 0.2) is 42.5 Å². The molecule has 2 aromatic carbocycles. The molecule has 3 nitrogen and oxygen atoms in total. The zero-order valence-corrected chi connectivity index (χ0v) is 14.0. The van der Waals surface area contributed by atoms with Crippen molar-refractivity contribution in [2.45, 2.75) is 13.0 Å². The monoisotopic (exact) mass is 357 g/mol. The van der Waals surface area contributed by atoms with Crippen LogP contribution in [0.4, 0.5) is 0 Å². The highest BCUT2D eigenvalue weighted by Gasteiger charge is 2.12. The maximum Gasteiger partial charge on any atom is 0.258 e. The summed E-state index contributed by atoms with van der Waals surface area (Å²) in [7, 11) is 0. The van der Waals surface area contributed by atoms with Crippen LogP contribution < -0.4 is 10.1 Å². The Morgan fingerprint density at radius 2 is 1.82 bits per heavy atom. The first-order valence-corrected chi connectivity index (χ1v) is 7.72. The van der Waals surface area contributed by atoms with Crippen LogP contribution in [0.25, 0.3) is 0 Å². The molecule has 0 fully saturated rings. The Hall–Kier alpha value is -1.42. The van der Waals surface area contributed by atoms with E-state index in [1.807, 2.05) is 19.1 Å². The van der Waals surface area contributed by atoms with Crippen molar-refractivity contribution in [2.75, 3.05) is 6.61 Å². The van der Waals surface area contributed by atoms with Crippen molar-refractivity contribution in [1.82, 2.24) is 5.32 Å². The normalized spacial score (nSPS) is 11.8. The molecule has 0 radical (unpaired) electrons. The molecule has 0 unspecified atom stereocenters. The third-order valence-electron chi connectivity index (χ3n) is 3.02. The molecule has 1 N–H and O–H groups in total. The molecule has 1 atom stereocenters. The number of halogens is 3. The summed E-state index contributed by atoms with van der Waals surface area (Å²) in [5.74, 6) is 0.127. The molecule has 0 bridgehead atoms. The van der Waals surface area contributed by atoms with Crippen molar-refractivity contribution in [3.63, 3.8) is 0 Å². The van der Waals surface area contributed by atoms with E-state index in [2.05, 4.69) is 5.32 Å². The molecule has 0 aliphatic heterocycles. The van der Waals surface area contributed by atoms with Gasteiger partial charge < -0.3 is 10.1 Å². The predicted molar refractivity (Wildman–Crippen MR) is 90.0 cm³/mol. The summed E-state index contributed by atoms with van der Waals surface area (Å²) < 4.78 is 5.39. The Morgan fingerprint density at radius 3 is 2.50 bits per heavy atom. The fourth-order valence-corrected chi connectivity index (χ4v) is 2.33. The lowest BCUT2D eigenvalue weighted by molar-refractivity contribution is -0.123. The van der Waals surface area contributed by atoms with Crippen LogP contribution in [0.1, 0.15) is 18.5 Å². The SMILES string of the molecule is C[C@H](NC(=O)COc1cccc(Cl)c1Cl)c1ccc(Cl)cc1. The van der Waals surface area contributed by atoms with E-state index in [4.69, 9.17) is 39.5 Å². The van der Waals surface area contributed by atoms with Gasteiger partial charge in [-0.15, -0.1) is 0 Å². The van der Waals surface area contributed by atoms with Crippen LogP contribution in [-0.4, -0.2) is 12.5 Å². The number of nitrogens with one attached hydrogen (secondary N) is 1. The average Bonchev–Trinajstić information content (AvgIpc) is 2.49. The van der Waals surface area contributed by atoms with Crippen LogP contribution in [0.5, 0.6) is 5.75 Å². The van der Waals surface area contributed by atoms with Gasteiger partial charge in [-0.05, 0) is 36.8 Å². The Morgan fingerprint density at radius 1 is 1.14 bits per heavy atom. The van der Waals surface area contributed by atoms with Gasteiger partial charge in [0.2, 0.25) is 0 Å². The summed E-state index contributed by atoms with van der Waals surface area (Å²) in [6.07, 6.45) is 0. The first-order valence-electron chi connectivity index (χ1n) is 6.59. The molecule has 0 saturated carbocycles. The number of benzene rings is 2. The molecular weight excluding hydrogens is 345 g/mol. The van der Waals surface area contributed by atoms with Gasteiger partial charge in [0.15, 0.2) is 6.61 Å². The molecule has 116 valence electrons. The fourth-order valence-electron chi connectivity index (χ4n) is 1.86. The first-order chi connectivity index (χ1) is 10.5. The van der Waals surface area contributed by atoms with Crippen molar-refractivity contribution >= 4 is 40.7 Å². The lowest BCUT2D eigenvalue weighted by Crippen LogP contribution is -2.31. The molecule has 22 heavy (non-hydrogen) atoms. The van der Waals surface area contributed by atoms with Gasteiger partial charge in [0, 0.05) is 5.02 Å². The van der Waals surface area contributed by atoms with Crippen molar-refractivity contribution in [3.8, 4) is 5.75 Å². The molecule has 0 saturated heterocycles. The standard InChI is InChI=1S/C16H14Cl3NO2/c1-10(11-5-7-12(17)8-6-11)20-15(21)9-22-14-4-2-3-13(18)16(14)19/h2-8,10H,9H2,1H3,(H,20,21)/t10-/m0/s1. The predicted octanol–water partition coefficient (Wildman–Crippen LogP) is 4.90. The Bertz CT molecular complexity index is 659. The molecule has 2 rings (SSSR count). The number of rotatable bonds is 5. The first kappa shape index (κ1) is 16.9. The average molecular weight is 359 g/mol. The highest BCUT2D eigenvalue weighted by atomic mass is 35.5. The highest BCUT2D eigenvalue weighted by Crippen LogP contribution is 2.31. The van der Waals surface area contributed by atoms with E-state index in [1.54, 1.807) is 30.3 Å². The van der Waals surface area contributed by atoms with Gasteiger partial charge in [-0.3, -0.25) is 4.79 Å². The van der Waals surface area contributed by atoms with Crippen molar-refractivity contribution < 1.29 is 9.53 Å². The summed E-state index contributed by atoms with van der Waals surface area (Å²) in [5, 5.41) is 4.17. The third kappa shape index (κ3) is 4.54. The topological polar surface area (TPSA) is 38.3 Å². The lowest BCUT2D eigenvalue weighted by Gasteiger charge is -2.15. The molecule has 1 amide bonds. The summed E-state index contributed by atoms with van der Waals surface area (Å²) in [6.45, 7) is 1.74. The molecule has 0 heterocycles. The maximum absolute atomic E-state index is 11.9. The van der Waals surface area contributed by atoms with Gasteiger partial charge in [0.25, 0.3) is 5.91 Å². The van der Waals surface area contributed by atoms with E-state index in [-0.39, 0.29) is 18.6 Å². The minimum atomic E-state index is -0.251. The van der Waals surface area contributed by atoms with Crippen molar-refractivity contribution in [1.29, 1.82) is 0 Å². The third-order valence-corrected chi connectivity index (χ3v) is 4.08. The number of ether oxygens (including phenoxy) is 1. The number of carbonyl (C=O) groups is 1. The van der Waals surface area contributed by atoms with Gasteiger partial charge in [-0.2, -0.15) is 0 Å². The van der Waals surface area contributed by atoms with Crippen LogP contribution >= 0.6 is 34.8 Å². The van der Waals surface area contributed by atoms with Gasteiger partial charge in [-0.25, -0.2) is 0 Å².